The summed E-state index contributed by atoms with van der Waals surface area (Å²) in [6, 6.07) is 11.3. The minimum absolute atomic E-state index is 0.405. The molecule has 2 rings (SSSR count). The van der Waals surface area contributed by atoms with Gasteiger partial charge >= 0.3 is 0 Å². The zero-order valence-corrected chi connectivity index (χ0v) is 16.3. The van der Waals surface area contributed by atoms with Gasteiger partial charge in [0.15, 0.2) is 11.5 Å². The van der Waals surface area contributed by atoms with Gasteiger partial charge in [-0.2, -0.15) is 0 Å². The van der Waals surface area contributed by atoms with Crippen LogP contribution in [0.15, 0.2) is 36.4 Å². The van der Waals surface area contributed by atoms with E-state index in [4.69, 9.17) is 32.7 Å². The van der Waals surface area contributed by atoms with Gasteiger partial charge < -0.3 is 14.8 Å². The molecule has 0 atom stereocenters. The van der Waals surface area contributed by atoms with Crippen LogP contribution in [0.5, 0.6) is 11.5 Å². The van der Waals surface area contributed by atoms with Crippen LogP contribution in [0.1, 0.15) is 37.3 Å². The van der Waals surface area contributed by atoms with Gasteiger partial charge in [-0.15, -0.1) is 0 Å². The van der Waals surface area contributed by atoms with Gasteiger partial charge in [-0.3, -0.25) is 0 Å². The molecule has 0 unspecified atom stereocenters. The fourth-order valence-corrected chi connectivity index (χ4v) is 2.93. The van der Waals surface area contributed by atoms with E-state index in [9.17, 15) is 0 Å². The summed E-state index contributed by atoms with van der Waals surface area (Å²) in [7, 11) is 1.63. The summed E-state index contributed by atoms with van der Waals surface area (Å²) in [5.74, 6) is 1.30. The summed E-state index contributed by atoms with van der Waals surface area (Å²) in [5, 5.41) is 4.78. The SMILES string of the molecule is CCCCCNCc1cc(OC)c(OCc2cccc(Cl)c2)cc1Cl. The average Bonchev–Trinajstić information content (AvgIpc) is 2.61. The lowest BCUT2D eigenvalue weighted by Gasteiger charge is -2.14. The maximum atomic E-state index is 6.41. The Labute approximate surface area is 160 Å². The number of halogens is 2. The summed E-state index contributed by atoms with van der Waals surface area (Å²) in [6.07, 6.45) is 3.63. The van der Waals surface area contributed by atoms with Gasteiger partial charge in [0.2, 0.25) is 0 Å². The van der Waals surface area contributed by atoms with Gasteiger partial charge in [-0.25, -0.2) is 0 Å². The Kier molecular flexibility index (Phi) is 8.39. The fourth-order valence-electron chi connectivity index (χ4n) is 2.50. The molecule has 0 aliphatic carbocycles. The van der Waals surface area contributed by atoms with Crippen molar-refractivity contribution in [3.63, 3.8) is 0 Å². The zero-order chi connectivity index (χ0) is 18.1. The van der Waals surface area contributed by atoms with Crippen LogP contribution in [0.25, 0.3) is 0 Å². The van der Waals surface area contributed by atoms with Crippen molar-refractivity contribution in [2.24, 2.45) is 0 Å². The van der Waals surface area contributed by atoms with Gasteiger partial charge in [0.1, 0.15) is 6.61 Å². The second kappa shape index (κ2) is 10.5. The predicted molar refractivity (Wildman–Crippen MR) is 105 cm³/mol. The summed E-state index contributed by atoms with van der Waals surface area (Å²) in [6.45, 7) is 4.30. The summed E-state index contributed by atoms with van der Waals surface area (Å²) in [5.41, 5.74) is 2.00. The molecule has 0 spiro atoms. The predicted octanol–water partition coefficient (Wildman–Crippen LogP) is 5.86. The first-order valence-electron chi connectivity index (χ1n) is 8.58. The molecule has 0 aliphatic rings. The molecule has 0 fully saturated rings. The number of hydrogen-bond acceptors (Lipinski definition) is 3. The number of benzene rings is 2. The quantitative estimate of drug-likeness (QED) is 0.522. The third-order valence-electron chi connectivity index (χ3n) is 3.89. The van der Waals surface area contributed by atoms with Crippen molar-refractivity contribution in [2.45, 2.75) is 39.3 Å². The van der Waals surface area contributed by atoms with E-state index in [-0.39, 0.29) is 0 Å². The molecule has 136 valence electrons. The molecule has 2 aromatic carbocycles. The van der Waals surface area contributed by atoms with Gasteiger partial charge in [0.05, 0.1) is 7.11 Å². The highest BCUT2D eigenvalue weighted by Crippen LogP contribution is 2.34. The molecule has 1 N–H and O–H groups in total. The molecule has 0 saturated heterocycles. The van der Waals surface area contributed by atoms with Crippen LogP contribution in [0.4, 0.5) is 0 Å². The van der Waals surface area contributed by atoms with E-state index < -0.39 is 0 Å². The summed E-state index contributed by atoms with van der Waals surface area (Å²) < 4.78 is 11.3. The molecule has 3 nitrogen and oxygen atoms in total. The van der Waals surface area contributed by atoms with Crippen LogP contribution in [0, 0.1) is 0 Å². The molecule has 0 saturated carbocycles. The van der Waals surface area contributed by atoms with Crippen molar-refractivity contribution in [3.8, 4) is 11.5 Å². The van der Waals surface area contributed by atoms with E-state index in [1.165, 1.54) is 19.3 Å². The van der Waals surface area contributed by atoms with Gasteiger partial charge in [-0.05, 0) is 42.3 Å². The minimum atomic E-state index is 0.405. The first-order chi connectivity index (χ1) is 12.1. The Bertz CT molecular complexity index is 677. The number of hydrogen-bond donors (Lipinski definition) is 1. The zero-order valence-electron chi connectivity index (χ0n) is 14.8. The number of methoxy groups -OCH3 is 1. The van der Waals surface area contributed by atoms with Crippen molar-refractivity contribution in [1.82, 2.24) is 5.32 Å². The van der Waals surface area contributed by atoms with Crippen molar-refractivity contribution in [3.05, 3.63) is 57.6 Å². The standard InChI is InChI=1S/C20H25Cl2NO2/c1-3-4-5-9-23-13-16-11-19(24-2)20(12-18(16)22)25-14-15-7-6-8-17(21)10-15/h6-8,10-12,23H,3-5,9,13-14H2,1-2H3. The van der Waals surface area contributed by atoms with Crippen molar-refractivity contribution in [2.75, 3.05) is 13.7 Å². The molecule has 0 bridgehead atoms. The number of nitrogens with one attached hydrogen (secondary N) is 1. The lowest BCUT2D eigenvalue weighted by atomic mass is 10.2. The van der Waals surface area contributed by atoms with Crippen molar-refractivity contribution in [1.29, 1.82) is 0 Å². The largest absolute Gasteiger partial charge is 0.493 e. The number of unbranched alkanes of at least 4 members (excludes halogenated alkanes) is 2. The average molecular weight is 382 g/mol. The Morgan fingerprint density at radius 2 is 1.88 bits per heavy atom. The lowest BCUT2D eigenvalue weighted by Crippen LogP contribution is -2.15. The monoisotopic (exact) mass is 381 g/mol. The van der Waals surface area contributed by atoms with E-state index in [0.29, 0.717) is 34.7 Å². The van der Waals surface area contributed by atoms with Crippen molar-refractivity contribution >= 4 is 23.2 Å². The van der Waals surface area contributed by atoms with Gasteiger partial charge in [-0.1, -0.05) is 55.1 Å². The molecular weight excluding hydrogens is 357 g/mol. The third kappa shape index (κ3) is 6.43. The molecule has 0 amide bonds. The number of rotatable bonds is 10. The molecule has 25 heavy (non-hydrogen) atoms. The minimum Gasteiger partial charge on any atom is -0.493 e. The van der Waals surface area contributed by atoms with Gasteiger partial charge in [0, 0.05) is 22.7 Å². The summed E-state index contributed by atoms with van der Waals surface area (Å²) in [4.78, 5) is 0. The van der Waals surface area contributed by atoms with Crippen LogP contribution in [0.3, 0.4) is 0 Å². The first kappa shape index (κ1) is 19.9. The van der Waals surface area contributed by atoms with E-state index >= 15 is 0 Å². The normalized spacial score (nSPS) is 10.7. The van der Waals surface area contributed by atoms with Crippen LogP contribution >= 0.6 is 23.2 Å². The molecular formula is C20H25Cl2NO2. The van der Waals surface area contributed by atoms with Crippen LogP contribution in [0.2, 0.25) is 10.0 Å². The van der Waals surface area contributed by atoms with Gasteiger partial charge in [0.25, 0.3) is 0 Å². The maximum Gasteiger partial charge on any atom is 0.163 e. The van der Waals surface area contributed by atoms with E-state index in [2.05, 4.69) is 12.2 Å². The molecule has 2 aromatic rings. The fraction of sp³-hybridized carbons (Fsp3) is 0.400. The highest BCUT2D eigenvalue weighted by atomic mass is 35.5. The second-order valence-electron chi connectivity index (χ2n) is 5.90. The Morgan fingerprint density at radius 3 is 2.60 bits per heavy atom. The number of ether oxygens (including phenoxy) is 2. The maximum absolute atomic E-state index is 6.41. The van der Waals surface area contributed by atoms with E-state index in [1.807, 2.05) is 36.4 Å². The Hall–Kier alpha value is -1.42. The van der Waals surface area contributed by atoms with Crippen LogP contribution in [-0.4, -0.2) is 13.7 Å². The molecule has 0 heterocycles. The van der Waals surface area contributed by atoms with Crippen LogP contribution in [-0.2, 0) is 13.2 Å². The highest BCUT2D eigenvalue weighted by molar-refractivity contribution is 6.31. The Balaban J connectivity index is 2.00. The molecule has 0 aliphatic heterocycles. The molecule has 0 radical (unpaired) electrons. The summed E-state index contributed by atoms with van der Waals surface area (Å²) >= 11 is 12.4. The van der Waals surface area contributed by atoms with E-state index in [1.54, 1.807) is 7.11 Å². The van der Waals surface area contributed by atoms with Crippen molar-refractivity contribution < 1.29 is 9.47 Å². The highest BCUT2D eigenvalue weighted by Gasteiger charge is 2.11. The first-order valence-corrected chi connectivity index (χ1v) is 9.34. The third-order valence-corrected chi connectivity index (χ3v) is 4.48. The molecule has 0 aromatic heterocycles. The smallest absolute Gasteiger partial charge is 0.163 e. The Morgan fingerprint density at radius 1 is 1.04 bits per heavy atom. The second-order valence-corrected chi connectivity index (χ2v) is 6.74. The topological polar surface area (TPSA) is 30.5 Å². The lowest BCUT2D eigenvalue weighted by molar-refractivity contribution is 0.284. The van der Waals surface area contributed by atoms with Crippen LogP contribution < -0.4 is 14.8 Å². The van der Waals surface area contributed by atoms with E-state index in [0.717, 1.165) is 17.7 Å². The molecule has 5 heteroatoms.